The normalized spacial score (nSPS) is 22.1. The van der Waals surface area contributed by atoms with Crippen molar-refractivity contribution in [3.05, 3.63) is 0 Å². The molecule has 2 amide bonds. The van der Waals surface area contributed by atoms with Crippen molar-refractivity contribution in [1.29, 1.82) is 0 Å². The maximum Gasteiger partial charge on any atom is 0.320 e. The van der Waals surface area contributed by atoms with Gasteiger partial charge in [0.05, 0.1) is 18.6 Å². The maximum absolute atomic E-state index is 12.0. The van der Waals surface area contributed by atoms with Crippen molar-refractivity contribution in [2.45, 2.75) is 25.8 Å². The lowest BCUT2D eigenvalue weighted by Gasteiger charge is -2.35. The van der Waals surface area contributed by atoms with E-state index in [0.29, 0.717) is 19.4 Å². The summed E-state index contributed by atoms with van der Waals surface area (Å²) in [6.45, 7) is 2.50. The molecule has 0 bridgehead atoms. The van der Waals surface area contributed by atoms with Crippen LogP contribution in [0.3, 0.4) is 0 Å². The summed E-state index contributed by atoms with van der Waals surface area (Å²) in [5, 5.41) is 17.9. The molecule has 17 heavy (non-hydrogen) atoms. The zero-order chi connectivity index (χ0) is 13.0. The van der Waals surface area contributed by atoms with E-state index >= 15 is 0 Å². The van der Waals surface area contributed by atoms with E-state index in [1.807, 2.05) is 0 Å². The number of hydrogen-bond donors (Lipinski definition) is 2. The van der Waals surface area contributed by atoms with Gasteiger partial charge in [-0.1, -0.05) is 0 Å². The highest BCUT2D eigenvalue weighted by Gasteiger charge is 2.30. The van der Waals surface area contributed by atoms with Gasteiger partial charge in [-0.2, -0.15) is 0 Å². The molecule has 6 heteroatoms. The predicted molar refractivity (Wildman–Crippen MR) is 61.6 cm³/mol. The molecule has 0 spiro atoms. The first kappa shape index (κ1) is 13.8. The number of carboxylic acids is 1. The number of rotatable bonds is 3. The highest BCUT2D eigenvalue weighted by atomic mass is 16.4. The monoisotopic (exact) mass is 244 g/mol. The lowest BCUT2D eigenvalue weighted by atomic mass is 9.98. The fourth-order valence-electron chi connectivity index (χ4n) is 1.89. The molecule has 1 aliphatic heterocycles. The predicted octanol–water partition coefficient (Wildman–Crippen LogP) is 0.216. The number of piperidine rings is 1. The summed E-state index contributed by atoms with van der Waals surface area (Å²) in [5.41, 5.74) is 0. The van der Waals surface area contributed by atoms with Gasteiger partial charge in [-0.15, -0.1) is 0 Å². The molecule has 0 aliphatic carbocycles. The molecule has 98 valence electrons. The maximum atomic E-state index is 12.0. The summed E-state index contributed by atoms with van der Waals surface area (Å²) < 4.78 is 0. The Hall–Kier alpha value is -1.30. The van der Waals surface area contributed by atoms with Gasteiger partial charge in [0, 0.05) is 20.1 Å². The van der Waals surface area contributed by atoms with Crippen LogP contribution < -0.4 is 0 Å². The highest BCUT2D eigenvalue weighted by Crippen LogP contribution is 2.18. The van der Waals surface area contributed by atoms with Crippen LogP contribution in [-0.4, -0.2) is 64.8 Å². The van der Waals surface area contributed by atoms with E-state index in [2.05, 4.69) is 0 Å². The molecule has 2 atom stereocenters. The Balaban J connectivity index is 2.60. The molecule has 2 N–H and O–H groups in total. The molecule has 1 rings (SSSR count). The van der Waals surface area contributed by atoms with Crippen LogP contribution in [0.25, 0.3) is 0 Å². The van der Waals surface area contributed by atoms with Gasteiger partial charge in [0.1, 0.15) is 0 Å². The number of amides is 2. The van der Waals surface area contributed by atoms with Crippen LogP contribution in [0.2, 0.25) is 0 Å². The van der Waals surface area contributed by atoms with Crippen LogP contribution in [0.4, 0.5) is 4.79 Å². The average Bonchev–Trinajstić information content (AvgIpc) is 2.36. The lowest BCUT2D eigenvalue weighted by molar-refractivity contribution is -0.143. The molecule has 1 aliphatic rings. The zero-order valence-corrected chi connectivity index (χ0v) is 10.3. The minimum absolute atomic E-state index is 0.0988. The number of carbonyl (C=O) groups excluding carboxylic acids is 1. The van der Waals surface area contributed by atoms with Gasteiger partial charge in [-0.25, -0.2) is 4.79 Å². The fraction of sp³-hybridized carbons (Fsp3) is 0.818. The molecular weight excluding hydrogens is 224 g/mol. The summed E-state index contributed by atoms with van der Waals surface area (Å²) in [4.78, 5) is 25.9. The van der Waals surface area contributed by atoms with Gasteiger partial charge in [0.15, 0.2) is 0 Å². The van der Waals surface area contributed by atoms with Crippen LogP contribution in [0.5, 0.6) is 0 Å². The number of aliphatic hydroxyl groups excluding tert-OH is 1. The standard InChI is InChI=1S/C11H20N2O4/c1-8(7-14)12(2)11(17)13-5-3-4-9(6-13)10(15)16/h8-9,14H,3-7H2,1-2H3,(H,15,16)/t8?,9-/m1/s1. The summed E-state index contributed by atoms with van der Waals surface area (Å²) in [6.07, 6.45) is 1.34. The lowest BCUT2D eigenvalue weighted by Crippen LogP contribution is -2.50. The molecule has 1 heterocycles. The van der Waals surface area contributed by atoms with Gasteiger partial charge in [0.2, 0.25) is 0 Å². The Morgan fingerprint density at radius 2 is 2.18 bits per heavy atom. The first-order valence-electron chi connectivity index (χ1n) is 5.82. The number of nitrogens with zero attached hydrogens (tertiary/aromatic N) is 2. The van der Waals surface area contributed by atoms with Gasteiger partial charge in [0.25, 0.3) is 0 Å². The molecule has 6 nitrogen and oxygen atoms in total. The second-order valence-corrected chi connectivity index (χ2v) is 4.55. The van der Waals surface area contributed by atoms with E-state index in [0.717, 1.165) is 0 Å². The summed E-state index contributed by atoms with van der Waals surface area (Å²) in [6, 6.07) is -0.467. The zero-order valence-electron chi connectivity index (χ0n) is 10.3. The number of likely N-dealkylation sites (N-methyl/N-ethyl adjacent to an activating group) is 1. The largest absolute Gasteiger partial charge is 0.481 e. The molecule has 0 aromatic carbocycles. The molecule has 0 saturated carbocycles. The van der Waals surface area contributed by atoms with Crippen LogP contribution in [-0.2, 0) is 4.79 Å². The Morgan fingerprint density at radius 1 is 1.53 bits per heavy atom. The minimum Gasteiger partial charge on any atom is -0.481 e. The van der Waals surface area contributed by atoms with Crippen molar-refractivity contribution in [2.75, 3.05) is 26.7 Å². The van der Waals surface area contributed by atoms with E-state index in [4.69, 9.17) is 10.2 Å². The third-order valence-corrected chi connectivity index (χ3v) is 3.27. The average molecular weight is 244 g/mol. The van der Waals surface area contributed by atoms with Crippen molar-refractivity contribution in [1.82, 2.24) is 9.80 Å². The van der Waals surface area contributed by atoms with Crippen molar-refractivity contribution in [2.24, 2.45) is 5.92 Å². The third-order valence-electron chi connectivity index (χ3n) is 3.27. The summed E-state index contributed by atoms with van der Waals surface area (Å²) >= 11 is 0. The number of carbonyl (C=O) groups is 2. The number of hydrogen-bond acceptors (Lipinski definition) is 3. The Kier molecular flexibility index (Phi) is 4.74. The van der Waals surface area contributed by atoms with Gasteiger partial charge < -0.3 is 20.0 Å². The van der Waals surface area contributed by atoms with E-state index in [-0.39, 0.29) is 25.2 Å². The number of aliphatic carboxylic acids is 1. The summed E-state index contributed by atoms with van der Waals surface area (Å²) in [5.74, 6) is -1.31. The second kappa shape index (κ2) is 5.86. The molecule has 0 aromatic heterocycles. The molecular formula is C11H20N2O4. The molecule has 1 saturated heterocycles. The van der Waals surface area contributed by atoms with E-state index in [1.165, 1.54) is 4.90 Å². The van der Waals surface area contributed by atoms with E-state index < -0.39 is 11.9 Å². The summed E-state index contributed by atoms with van der Waals surface area (Å²) in [7, 11) is 1.62. The van der Waals surface area contributed by atoms with Gasteiger partial charge in [-0.05, 0) is 19.8 Å². The number of aliphatic hydroxyl groups is 1. The Morgan fingerprint density at radius 3 is 2.71 bits per heavy atom. The number of carboxylic acid groups (broad SMARTS) is 1. The van der Waals surface area contributed by atoms with Crippen molar-refractivity contribution < 1.29 is 19.8 Å². The first-order valence-corrected chi connectivity index (χ1v) is 5.82. The van der Waals surface area contributed by atoms with Gasteiger partial charge >= 0.3 is 12.0 Å². The molecule has 1 unspecified atom stereocenters. The van der Waals surface area contributed by atoms with Crippen LogP contribution >= 0.6 is 0 Å². The molecule has 0 radical (unpaired) electrons. The van der Waals surface area contributed by atoms with Crippen molar-refractivity contribution in [3.8, 4) is 0 Å². The second-order valence-electron chi connectivity index (χ2n) is 4.55. The fourth-order valence-corrected chi connectivity index (χ4v) is 1.89. The van der Waals surface area contributed by atoms with E-state index in [9.17, 15) is 9.59 Å². The van der Waals surface area contributed by atoms with Crippen LogP contribution in [0, 0.1) is 5.92 Å². The Labute approximate surface area is 101 Å². The quantitative estimate of drug-likeness (QED) is 0.744. The number of urea groups is 1. The topological polar surface area (TPSA) is 81.1 Å². The smallest absolute Gasteiger partial charge is 0.320 e. The minimum atomic E-state index is -0.847. The first-order chi connectivity index (χ1) is 7.97. The molecule has 0 aromatic rings. The van der Waals surface area contributed by atoms with Gasteiger partial charge in [-0.3, -0.25) is 4.79 Å². The Bertz CT molecular complexity index is 295. The van der Waals surface area contributed by atoms with E-state index in [1.54, 1.807) is 18.9 Å². The molecule has 1 fully saturated rings. The third kappa shape index (κ3) is 3.33. The number of likely N-dealkylation sites (tertiary alicyclic amines) is 1. The van der Waals surface area contributed by atoms with Crippen molar-refractivity contribution >= 4 is 12.0 Å². The van der Waals surface area contributed by atoms with Crippen LogP contribution in [0.1, 0.15) is 19.8 Å². The van der Waals surface area contributed by atoms with Crippen molar-refractivity contribution in [3.63, 3.8) is 0 Å². The van der Waals surface area contributed by atoms with Crippen LogP contribution in [0.15, 0.2) is 0 Å². The SMILES string of the molecule is CC(CO)N(C)C(=O)N1CCC[C@@H](C(=O)O)C1. The highest BCUT2D eigenvalue weighted by molar-refractivity contribution is 5.76.